The molecule has 0 aliphatic rings. The van der Waals surface area contributed by atoms with Crippen molar-refractivity contribution in [2.75, 3.05) is 5.32 Å². The molecule has 0 atom stereocenters. The first-order valence-electron chi connectivity index (χ1n) is 5.97. The minimum Gasteiger partial charge on any atom is -0.315 e. The Kier molecular flexibility index (Phi) is 4.65. The van der Waals surface area contributed by atoms with E-state index in [0.717, 1.165) is 5.69 Å². The lowest BCUT2D eigenvalue weighted by Crippen LogP contribution is -1.98. The van der Waals surface area contributed by atoms with Gasteiger partial charge in [-0.1, -0.05) is 46.1 Å². The number of rotatable bonds is 3. The van der Waals surface area contributed by atoms with Crippen LogP contribution >= 0.6 is 58.4 Å². The second-order valence-corrected chi connectivity index (χ2v) is 7.04. The molecule has 0 saturated carbocycles. The molecule has 3 rings (SSSR count). The second kappa shape index (κ2) is 6.52. The zero-order valence-electron chi connectivity index (χ0n) is 10.8. The van der Waals surface area contributed by atoms with Gasteiger partial charge in [-0.15, -0.1) is 5.10 Å². The van der Waals surface area contributed by atoms with E-state index in [-0.39, 0.29) is 0 Å². The van der Waals surface area contributed by atoms with Crippen molar-refractivity contribution < 1.29 is 0 Å². The van der Waals surface area contributed by atoms with Gasteiger partial charge in [-0.05, 0) is 42.5 Å². The summed E-state index contributed by atoms with van der Waals surface area (Å²) in [4.78, 5) is 4.15. The molecule has 0 amide bonds. The second-order valence-electron chi connectivity index (χ2n) is 4.17. The highest BCUT2D eigenvalue weighted by molar-refractivity contribution is 7.73. The fourth-order valence-electron chi connectivity index (χ4n) is 1.67. The number of hydrogen-bond donors (Lipinski definition) is 1. The topological polar surface area (TPSA) is 42.7 Å². The molecule has 1 N–H and O–H groups in total. The molecular weight excluding hydrogens is 383 g/mol. The Balaban J connectivity index is 1.92. The van der Waals surface area contributed by atoms with Crippen molar-refractivity contribution in [2.45, 2.75) is 0 Å². The summed E-state index contributed by atoms with van der Waals surface area (Å²) in [5, 5.41) is 9.61. The van der Waals surface area contributed by atoms with Crippen molar-refractivity contribution in [2.24, 2.45) is 0 Å². The van der Waals surface area contributed by atoms with Crippen LogP contribution in [0.3, 0.4) is 0 Å². The monoisotopic (exact) mass is 388 g/mol. The molecule has 112 valence electrons. The van der Waals surface area contributed by atoms with E-state index in [2.05, 4.69) is 15.4 Å². The summed E-state index contributed by atoms with van der Waals surface area (Å²) in [6, 6.07) is 8.72. The van der Waals surface area contributed by atoms with Crippen molar-refractivity contribution in [3.63, 3.8) is 0 Å². The van der Waals surface area contributed by atoms with E-state index in [9.17, 15) is 0 Å². The first-order chi connectivity index (χ1) is 10.5. The van der Waals surface area contributed by atoms with E-state index in [1.54, 1.807) is 41.2 Å². The third kappa shape index (κ3) is 3.42. The molecule has 0 aliphatic carbocycles. The zero-order valence-corrected chi connectivity index (χ0v) is 14.7. The number of pyridine rings is 1. The summed E-state index contributed by atoms with van der Waals surface area (Å²) in [6.07, 6.45) is 1.55. The number of hydrogen-bond acceptors (Lipinski definition) is 5. The highest BCUT2D eigenvalue weighted by atomic mass is 35.5. The molecule has 9 heteroatoms. The summed E-state index contributed by atoms with van der Waals surface area (Å²) >= 11 is 24.4. The van der Waals surface area contributed by atoms with Crippen molar-refractivity contribution in [3.8, 4) is 5.69 Å². The molecule has 0 radical (unpaired) electrons. The van der Waals surface area contributed by atoms with E-state index >= 15 is 0 Å². The third-order valence-corrected chi connectivity index (χ3v) is 4.77. The van der Waals surface area contributed by atoms with Crippen LogP contribution in [-0.2, 0) is 0 Å². The van der Waals surface area contributed by atoms with Gasteiger partial charge >= 0.3 is 0 Å². The van der Waals surface area contributed by atoms with Crippen molar-refractivity contribution in [1.82, 2.24) is 14.8 Å². The van der Waals surface area contributed by atoms with Gasteiger partial charge in [0.2, 0.25) is 5.13 Å². The van der Waals surface area contributed by atoms with Gasteiger partial charge in [0.25, 0.3) is 0 Å². The Bertz CT molecular complexity index is 874. The first-order valence-corrected chi connectivity index (χ1v) is 8.33. The average Bonchev–Trinajstić information content (AvgIpc) is 2.85. The normalized spacial score (nSPS) is 10.7. The Morgan fingerprint density at radius 2 is 1.91 bits per heavy atom. The lowest BCUT2D eigenvalue weighted by molar-refractivity contribution is 0.874. The molecule has 0 unspecified atom stereocenters. The highest BCUT2D eigenvalue weighted by Gasteiger charge is 2.08. The molecule has 1 aromatic carbocycles. The number of benzene rings is 1. The Morgan fingerprint density at radius 3 is 2.59 bits per heavy atom. The van der Waals surface area contributed by atoms with Crippen molar-refractivity contribution in [1.29, 1.82) is 0 Å². The first kappa shape index (κ1) is 15.7. The summed E-state index contributed by atoms with van der Waals surface area (Å²) in [5.74, 6) is 0.634. The Morgan fingerprint density at radius 1 is 1.09 bits per heavy atom. The van der Waals surface area contributed by atoms with E-state index in [1.807, 2.05) is 0 Å². The predicted molar refractivity (Wildman–Crippen MR) is 94.8 cm³/mol. The largest absolute Gasteiger partial charge is 0.315 e. The van der Waals surface area contributed by atoms with Gasteiger partial charge in [0.15, 0.2) is 3.95 Å². The van der Waals surface area contributed by atoms with Gasteiger partial charge in [0.05, 0.1) is 20.8 Å². The van der Waals surface area contributed by atoms with Gasteiger partial charge in [0.1, 0.15) is 5.82 Å². The van der Waals surface area contributed by atoms with E-state index in [0.29, 0.717) is 30.0 Å². The maximum Gasteiger partial charge on any atom is 0.210 e. The number of aromatic nitrogens is 3. The summed E-state index contributed by atoms with van der Waals surface area (Å²) in [7, 11) is 0. The quantitative estimate of drug-likeness (QED) is 0.578. The van der Waals surface area contributed by atoms with Gasteiger partial charge < -0.3 is 5.32 Å². The molecule has 0 fully saturated rings. The fourth-order valence-corrected chi connectivity index (χ4v) is 3.13. The number of halogens is 3. The minimum atomic E-state index is 0.447. The Labute approximate surface area is 150 Å². The smallest absolute Gasteiger partial charge is 0.210 e. The molecule has 2 heterocycles. The van der Waals surface area contributed by atoms with Gasteiger partial charge in [-0.3, -0.25) is 0 Å². The number of nitrogens with one attached hydrogen (secondary N) is 1. The molecule has 2 aromatic heterocycles. The van der Waals surface area contributed by atoms with Crippen LogP contribution in [0.4, 0.5) is 10.9 Å². The molecule has 4 nitrogen and oxygen atoms in total. The molecule has 22 heavy (non-hydrogen) atoms. The minimum absolute atomic E-state index is 0.447. The average molecular weight is 390 g/mol. The number of anilines is 2. The number of nitrogens with zero attached hydrogens (tertiary/aromatic N) is 3. The highest BCUT2D eigenvalue weighted by Crippen LogP contribution is 2.27. The standard InChI is InChI=1S/C13H7Cl3N4S2/c14-7-1-4-11(17-6-7)18-12-19-20(13(21)22-12)8-2-3-9(15)10(16)5-8/h1-6H,(H,17,18,19). The molecule has 0 aliphatic heterocycles. The molecule has 0 bridgehead atoms. The van der Waals surface area contributed by atoms with Gasteiger partial charge in [0, 0.05) is 6.20 Å². The Hall–Kier alpha value is -1.18. The summed E-state index contributed by atoms with van der Waals surface area (Å²) < 4.78 is 2.19. The molecule has 0 spiro atoms. The summed E-state index contributed by atoms with van der Waals surface area (Å²) in [6.45, 7) is 0. The maximum atomic E-state index is 6.03. The SMILES string of the molecule is S=c1sc(Nc2ccc(Cl)cn2)nn1-c1ccc(Cl)c(Cl)c1. The van der Waals surface area contributed by atoms with E-state index < -0.39 is 0 Å². The van der Waals surface area contributed by atoms with Crippen LogP contribution in [0.2, 0.25) is 15.1 Å². The predicted octanol–water partition coefficient (Wildman–Crippen LogP) is 5.76. The maximum absolute atomic E-state index is 6.03. The van der Waals surface area contributed by atoms with Crippen LogP contribution in [0.15, 0.2) is 36.5 Å². The molecule has 0 saturated heterocycles. The van der Waals surface area contributed by atoms with Crippen LogP contribution in [0, 0.1) is 3.95 Å². The molecular formula is C13H7Cl3N4S2. The lowest BCUT2D eigenvalue weighted by atomic mass is 10.3. The van der Waals surface area contributed by atoms with E-state index in [1.165, 1.54) is 11.3 Å². The van der Waals surface area contributed by atoms with Crippen LogP contribution in [-0.4, -0.2) is 14.8 Å². The lowest BCUT2D eigenvalue weighted by Gasteiger charge is -2.03. The van der Waals surface area contributed by atoms with Crippen molar-refractivity contribution in [3.05, 3.63) is 55.6 Å². The zero-order chi connectivity index (χ0) is 15.7. The van der Waals surface area contributed by atoms with Crippen LogP contribution in [0.1, 0.15) is 0 Å². The van der Waals surface area contributed by atoms with E-state index in [4.69, 9.17) is 47.0 Å². The fraction of sp³-hybridized carbons (Fsp3) is 0. The van der Waals surface area contributed by atoms with Gasteiger partial charge in [-0.2, -0.15) is 0 Å². The molecule has 3 aromatic rings. The summed E-state index contributed by atoms with van der Waals surface area (Å²) in [5.41, 5.74) is 0.743. The van der Waals surface area contributed by atoms with Crippen LogP contribution in [0.5, 0.6) is 0 Å². The van der Waals surface area contributed by atoms with Crippen molar-refractivity contribution >= 4 is 69.3 Å². The van der Waals surface area contributed by atoms with Gasteiger partial charge in [-0.25, -0.2) is 9.67 Å². The van der Waals surface area contributed by atoms with Crippen LogP contribution in [0.25, 0.3) is 5.69 Å². The van der Waals surface area contributed by atoms with Crippen LogP contribution < -0.4 is 5.32 Å². The third-order valence-electron chi connectivity index (χ3n) is 2.66.